The number of fused-ring (bicyclic) bond motifs is 1. The molecule has 92 valence electrons. The first-order valence-electron chi connectivity index (χ1n) is 4.99. The van der Waals surface area contributed by atoms with Gasteiger partial charge in [0, 0.05) is 14.1 Å². The monoisotopic (exact) mass is 255 g/mol. The molecule has 0 bridgehead atoms. The van der Waals surface area contributed by atoms with Crippen molar-refractivity contribution in [2.45, 2.75) is 5.75 Å². The Labute approximate surface area is 98.3 Å². The fourth-order valence-corrected chi connectivity index (χ4v) is 2.37. The quantitative estimate of drug-likeness (QED) is 0.824. The number of benzene rings is 1. The maximum absolute atomic E-state index is 11.7. The van der Waals surface area contributed by atoms with Crippen LogP contribution in [0.5, 0.6) is 0 Å². The highest BCUT2D eigenvalue weighted by atomic mass is 32.2. The Kier molecular flexibility index (Phi) is 2.80. The lowest BCUT2D eigenvalue weighted by Gasteiger charge is -2.10. The first-order chi connectivity index (χ1) is 7.88. The molecular formula is C10H13N3O3S. The molecule has 0 amide bonds. The topological polar surface area (TPSA) is 86.0 Å². The summed E-state index contributed by atoms with van der Waals surface area (Å²) in [5, 5.41) is 0. The predicted molar refractivity (Wildman–Crippen MR) is 65.2 cm³/mol. The van der Waals surface area contributed by atoms with Gasteiger partial charge in [-0.05, 0) is 17.7 Å². The van der Waals surface area contributed by atoms with Gasteiger partial charge in [0.25, 0.3) is 0 Å². The maximum atomic E-state index is 11.7. The van der Waals surface area contributed by atoms with Gasteiger partial charge in [-0.25, -0.2) is 17.5 Å². The Bertz CT molecular complexity index is 697. The van der Waals surface area contributed by atoms with E-state index in [9.17, 15) is 13.2 Å². The Balaban J connectivity index is 2.41. The summed E-state index contributed by atoms with van der Waals surface area (Å²) < 4.78 is 24.6. The van der Waals surface area contributed by atoms with Crippen molar-refractivity contribution in [2.75, 3.05) is 14.1 Å². The molecule has 1 heterocycles. The van der Waals surface area contributed by atoms with E-state index in [2.05, 4.69) is 9.97 Å². The van der Waals surface area contributed by atoms with E-state index in [0.717, 1.165) is 0 Å². The van der Waals surface area contributed by atoms with Crippen LogP contribution in [0.25, 0.3) is 11.0 Å². The smallest absolute Gasteiger partial charge is 0.306 e. The van der Waals surface area contributed by atoms with E-state index in [-0.39, 0.29) is 11.4 Å². The number of imidazole rings is 1. The number of hydrogen-bond acceptors (Lipinski definition) is 3. The van der Waals surface area contributed by atoms with E-state index in [4.69, 9.17) is 0 Å². The minimum Gasteiger partial charge on any atom is -0.306 e. The molecule has 0 radical (unpaired) electrons. The van der Waals surface area contributed by atoms with Gasteiger partial charge in [0.2, 0.25) is 10.0 Å². The van der Waals surface area contributed by atoms with Crippen molar-refractivity contribution in [2.24, 2.45) is 0 Å². The largest absolute Gasteiger partial charge is 0.323 e. The second-order valence-corrected chi connectivity index (χ2v) is 6.18. The van der Waals surface area contributed by atoms with Crippen molar-refractivity contribution in [3.63, 3.8) is 0 Å². The molecule has 0 saturated heterocycles. The van der Waals surface area contributed by atoms with Gasteiger partial charge >= 0.3 is 5.69 Å². The first-order valence-corrected chi connectivity index (χ1v) is 6.60. The lowest BCUT2D eigenvalue weighted by Crippen LogP contribution is -2.23. The summed E-state index contributed by atoms with van der Waals surface area (Å²) in [7, 11) is -0.298. The summed E-state index contributed by atoms with van der Waals surface area (Å²) in [6, 6.07) is 5.04. The van der Waals surface area contributed by atoms with Crippen LogP contribution in [-0.2, 0) is 15.8 Å². The summed E-state index contributed by atoms with van der Waals surface area (Å²) >= 11 is 0. The van der Waals surface area contributed by atoms with Crippen LogP contribution in [0.15, 0.2) is 23.0 Å². The standard InChI is InChI=1S/C10H13N3O3S/c1-13(2)17(15,16)6-7-3-4-8-9(5-7)12-10(14)11-8/h3-5H,6H2,1-2H3,(H2,11,12,14). The van der Waals surface area contributed by atoms with Crippen LogP contribution in [0.4, 0.5) is 0 Å². The second-order valence-electron chi connectivity index (χ2n) is 4.00. The van der Waals surface area contributed by atoms with Gasteiger partial charge in [-0.2, -0.15) is 0 Å². The first kappa shape index (κ1) is 11.9. The Morgan fingerprint density at radius 1 is 1.18 bits per heavy atom. The van der Waals surface area contributed by atoms with Gasteiger partial charge in [0.1, 0.15) is 0 Å². The number of rotatable bonds is 3. The van der Waals surface area contributed by atoms with E-state index in [1.165, 1.54) is 18.4 Å². The molecule has 0 aliphatic rings. The molecule has 1 aromatic heterocycles. The highest BCUT2D eigenvalue weighted by Crippen LogP contribution is 2.13. The maximum Gasteiger partial charge on any atom is 0.323 e. The van der Waals surface area contributed by atoms with Crippen molar-refractivity contribution in [3.05, 3.63) is 34.2 Å². The van der Waals surface area contributed by atoms with Gasteiger partial charge < -0.3 is 9.97 Å². The van der Waals surface area contributed by atoms with Gasteiger partial charge in [-0.15, -0.1) is 0 Å². The number of nitrogens with one attached hydrogen (secondary N) is 2. The van der Waals surface area contributed by atoms with Crippen molar-refractivity contribution < 1.29 is 8.42 Å². The van der Waals surface area contributed by atoms with Crippen molar-refractivity contribution >= 4 is 21.1 Å². The Morgan fingerprint density at radius 2 is 1.82 bits per heavy atom. The fourth-order valence-electron chi connectivity index (χ4n) is 1.51. The third-order valence-electron chi connectivity index (χ3n) is 2.49. The van der Waals surface area contributed by atoms with Gasteiger partial charge in [-0.3, -0.25) is 0 Å². The van der Waals surface area contributed by atoms with Crippen LogP contribution >= 0.6 is 0 Å². The summed E-state index contributed by atoms with van der Waals surface area (Å²) in [5.41, 5.74) is 1.62. The molecule has 0 spiro atoms. The second kappa shape index (κ2) is 4.01. The van der Waals surface area contributed by atoms with E-state index in [1.807, 2.05) is 0 Å². The molecule has 0 fully saturated rings. The number of sulfonamides is 1. The molecule has 7 heteroatoms. The zero-order chi connectivity index (χ0) is 12.6. The summed E-state index contributed by atoms with van der Waals surface area (Å²) in [6.07, 6.45) is 0. The molecule has 0 atom stereocenters. The van der Waals surface area contributed by atoms with Gasteiger partial charge in [0.05, 0.1) is 16.8 Å². The molecule has 2 rings (SSSR count). The predicted octanol–water partition coefficient (Wildman–Crippen LogP) is 0.248. The minimum absolute atomic E-state index is 0.0802. The molecule has 6 nitrogen and oxygen atoms in total. The van der Waals surface area contributed by atoms with Crippen LogP contribution in [-0.4, -0.2) is 36.8 Å². The zero-order valence-electron chi connectivity index (χ0n) is 9.52. The molecule has 2 N–H and O–H groups in total. The molecule has 0 aliphatic carbocycles. The van der Waals surface area contributed by atoms with Crippen LogP contribution in [0.2, 0.25) is 0 Å². The molecule has 0 unspecified atom stereocenters. The van der Waals surface area contributed by atoms with Gasteiger partial charge in [0.15, 0.2) is 0 Å². The van der Waals surface area contributed by atoms with Crippen molar-refractivity contribution in [1.82, 2.24) is 14.3 Å². The van der Waals surface area contributed by atoms with E-state index in [0.29, 0.717) is 16.6 Å². The number of aromatic amines is 2. The number of hydrogen-bond donors (Lipinski definition) is 2. The average molecular weight is 255 g/mol. The fraction of sp³-hybridized carbons (Fsp3) is 0.300. The van der Waals surface area contributed by atoms with E-state index in [1.54, 1.807) is 18.2 Å². The Hall–Kier alpha value is -1.60. The SMILES string of the molecule is CN(C)S(=O)(=O)Cc1ccc2[nH]c(=O)[nH]c2c1. The van der Waals surface area contributed by atoms with Gasteiger partial charge in [-0.1, -0.05) is 6.07 Å². The van der Waals surface area contributed by atoms with Crippen LogP contribution < -0.4 is 5.69 Å². The highest BCUT2D eigenvalue weighted by Gasteiger charge is 2.14. The summed E-state index contributed by atoms with van der Waals surface area (Å²) in [4.78, 5) is 16.3. The zero-order valence-corrected chi connectivity index (χ0v) is 10.3. The lowest BCUT2D eigenvalue weighted by atomic mass is 10.2. The minimum atomic E-state index is -3.28. The van der Waals surface area contributed by atoms with Crippen molar-refractivity contribution in [1.29, 1.82) is 0 Å². The van der Waals surface area contributed by atoms with Crippen LogP contribution in [0.1, 0.15) is 5.56 Å². The third-order valence-corrected chi connectivity index (χ3v) is 4.30. The summed E-state index contributed by atoms with van der Waals surface area (Å²) in [5.74, 6) is -0.0802. The molecule has 0 saturated carbocycles. The third kappa shape index (κ3) is 2.40. The van der Waals surface area contributed by atoms with Crippen molar-refractivity contribution in [3.8, 4) is 0 Å². The average Bonchev–Trinajstić information content (AvgIpc) is 2.56. The summed E-state index contributed by atoms with van der Waals surface area (Å²) in [6.45, 7) is 0. The van der Waals surface area contributed by atoms with E-state index < -0.39 is 10.0 Å². The highest BCUT2D eigenvalue weighted by molar-refractivity contribution is 7.88. The number of aromatic nitrogens is 2. The molecule has 2 aromatic rings. The van der Waals surface area contributed by atoms with Crippen LogP contribution in [0, 0.1) is 0 Å². The molecule has 17 heavy (non-hydrogen) atoms. The normalized spacial score (nSPS) is 12.4. The molecular weight excluding hydrogens is 242 g/mol. The molecule has 0 aliphatic heterocycles. The number of nitrogens with zero attached hydrogens (tertiary/aromatic N) is 1. The molecule has 1 aromatic carbocycles. The number of H-pyrrole nitrogens is 2. The van der Waals surface area contributed by atoms with E-state index >= 15 is 0 Å². The van der Waals surface area contributed by atoms with Crippen LogP contribution in [0.3, 0.4) is 0 Å². The lowest BCUT2D eigenvalue weighted by molar-refractivity contribution is 0.520. The Morgan fingerprint density at radius 3 is 2.47 bits per heavy atom.